The van der Waals surface area contributed by atoms with E-state index in [2.05, 4.69) is 4.99 Å². The molecule has 124 valence electrons. The second kappa shape index (κ2) is 10.4. The average molecular weight is 349 g/mol. The van der Waals surface area contributed by atoms with Crippen molar-refractivity contribution in [1.82, 2.24) is 0 Å². The summed E-state index contributed by atoms with van der Waals surface area (Å²) in [5, 5.41) is 0.593. The number of nitrogens with two attached hydrogens (primary N) is 1. The lowest BCUT2D eigenvalue weighted by Gasteiger charge is -2.06. The predicted molar refractivity (Wildman–Crippen MR) is 90.7 cm³/mol. The van der Waals surface area contributed by atoms with E-state index < -0.39 is 0 Å². The van der Waals surface area contributed by atoms with Gasteiger partial charge in [0.1, 0.15) is 5.75 Å². The largest absolute Gasteiger partial charge is 0.493 e. The van der Waals surface area contributed by atoms with Crippen LogP contribution < -0.4 is 19.9 Å². The Morgan fingerprint density at radius 2 is 2.14 bits per heavy atom. The van der Waals surface area contributed by atoms with E-state index in [0.29, 0.717) is 24.9 Å². The minimum absolute atomic E-state index is 0. The highest BCUT2D eigenvalue weighted by molar-refractivity contribution is 8.13. The summed E-state index contributed by atoms with van der Waals surface area (Å²) in [6.45, 7) is 2.09. The van der Waals surface area contributed by atoms with Gasteiger partial charge in [-0.1, -0.05) is 11.8 Å². The quantitative estimate of drug-likeness (QED) is 0.441. The summed E-state index contributed by atoms with van der Waals surface area (Å²) in [5.41, 5.74) is 5.76. The van der Waals surface area contributed by atoms with Crippen LogP contribution in [0, 0.1) is 0 Å². The van der Waals surface area contributed by atoms with Crippen molar-refractivity contribution in [3.8, 4) is 17.2 Å². The molecule has 0 spiro atoms. The summed E-state index contributed by atoms with van der Waals surface area (Å²) in [5.74, 6) is 3.15. The number of nitrogens with zero attached hydrogens (tertiary/aromatic N) is 1. The number of amidine groups is 1. The zero-order chi connectivity index (χ0) is 14.9. The number of halogens is 1. The van der Waals surface area contributed by atoms with Gasteiger partial charge in [0.05, 0.1) is 19.8 Å². The molecule has 8 heteroatoms. The molecule has 0 atom stereocenters. The molecule has 22 heavy (non-hydrogen) atoms. The van der Waals surface area contributed by atoms with E-state index in [9.17, 15) is 0 Å². The average Bonchev–Trinajstić information content (AvgIpc) is 2.94. The van der Waals surface area contributed by atoms with Crippen LogP contribution in [0.1, 0.15) is 6.42 Å². The van der Waals surface area contributed by atoms with Crippen molar-refractivity contribution in [3.05, 3.63) is 18.2 Å². The zero-order valence-corrected chi connectivity index (χ0v) is 14.1. The molecule has 0 aliphatic carbocycles. The Morgan fingerprint density at radius 3 is 2.95 bits per heavy atom. The molecule has 1 aliphatic heterocycles. The second-order valence-electron chi connectivity index (χ2n) is 4.28. The van der Waals surface area contributed by atoms with Crippen LogP contribution >= 0.6 is 24.2 Å². The number of benzene rings is 1. The Labute approximate surface area is 140 Å². The number of fused-ring (bicyclic) bond motifs is 1. The van der Waals surface area contributed by atoms with Crippen molar-refractivity contribution in [1.29, 1.82) is 0 Å². The molecule has 0 radical (unpaired) electrons. The number of methoxy groups -OCH3 is 1. The molecule has 2 N–H and O–H groups in total. The fraction of sp³-hybridized carbons (Fsp3) is 0.500. The van der Waals surface area contributed by atoms with Crippen molar-refractivity contribution in [2.24, 2.45) is 10.7 Å². The van der Waals surface area contributed by atoms with E-state index in [1.165, 1.54) is 11.8 Å². The first kappa shape index (κ1) is 18.7. The first-order valence-corrected chi connectivity index (χ1v) is 7.72. The Morgan fingerprint density at radius 1 is 1.32 bits per heavy atom. The minimum Gasteiger partial charge on any atom is -0.493 e. The third-order valence-corrected chi connectivity index (χ3v) is 3.63. The maximum atomic E-state index is 5.76. The molecule has 0 fully saturated rings. The van der Waals surface area contributed by atoms with Crippen molar-refractivity contribution < 1.29 is 18.9 Å². The van der Waals surface area contributed by atoms with E-state index in [0.717, 1.165) is 29.4 Å². The summed E-state index contributed by atoms with van der Waals surface area (Å²) >= 11 is 1.53. The molecule has 0 saturated heterocycles. The first-order valence-electron chi connectivity index (χ1n) is 6.73. The van der Waals surface area contributed by atoms with Crippen LogP contribution in [0.2, 0.25) is 0 Å². The Hall–Kier alpha value is -1.31. The smallest absolute Gasteiger partial charge is 0.231 e. The van der Waals surface area contributed by atoms with Gasteiger partial charge in [0.2, 0.25) is 6.79 Å². The van der Waals surface area contributed by atoms with Gasteiger partial charge in [-0.3, -0.25) is 4.99 Å². The van der Waals surface area contributed by atoms with Crippen LogP contribution in [-0.4, -0.2) is 44.6 Å². The number of hydrogen-bond donors (Lipinski definition) is 1. The van der Waals surface area contributed by atoms with Crippen LogP contribution in [0.5, 0.6) is 17.2 Å². The first-order chi connectivity index (χ1) is 10.3. The fourth-order valence-corrected chi connectivity index (χ4v) is 2.34. The molecular weight excluding hydrogens is 328 g/mol. The molecule has 2 rings (SSSR count). The van der Waals surface area contributed by atoms with Crippen molar-refractivity contribution in [3.63, 3.8) is 0 Å². The normalized spacial score (nSPS) is 12.9. The van der Waals surface area contributed by atoms with Gasteiger partial charge in [-0.05, 0) is 18.6 Å². The lowest BCUT2D eigenvalue weighted by Crippen LogP contribution is -2.10. The van der Waals surface area contributed by atoms with Crippen LogP contribution in [0.4, 0.5) is 0 Å². The van der Waals surface area contributed by atoms with E-state index in [1.807, 2.05) is 18.2 Å². The van der Waals surface area contributed by atoms with Crippen LogP contribution in [-0.2, 0) is 4.74 Å². The SMILES string of the molecule is COCCN=C(N)SCCCOc1ccc2c(c1)OCO2.Cl. The van der Waals surface area contributed by atoms with Crippen LogP contribution in [0.3, 0.4) is 0 Å². The van der Waals surface area contributed by atoms with Crippen LogP contribution in [0.25, 0.3) is 0 Å². The number of thioether (sulfide) groups is 1. The van der Waals surface area contributed by atoms with Crippen molar-refractivity contribution in [2.75, 3.05) is 39.4 Å². The zero-order valence-electron chi connectivity index (χ0n) is 12.4. The van der Waals surface area contributed by atoms with Gasteiger partial charge >= 0.3 is 0 Å². The summed E-state index contributed by atoms with van der Waals surface area (Å²) in [6.07, 6.45) is 0.888. The maximum absolute atomic E-state index is 5.76. The standard InChI is InChI=1S/C14H20N2O4S.ClH/c1-17-7-5-16-14(15)21-8-2-6-18-11-3-4-12-13(9-11)20-10-19-12;/h3-4,9H,2,5-8,10H2,1H3,(H2,15,16);1H. The maximum Gasteiger partial charge on any atom is 0.231 e. The fourth-order valence-electron chi connectivity index (χ4n) is 1.69. The van der Waals surface area contributed by atoms with Gasteiger partial charge in [-0.15, -0.1) is 12.4 Å². The lowest BCUT2D eigenvalue weighted by atomic mass is 10.3. The van der Waals surface area contributed by atoms with Crippen LogP contribution in [0.15, 0.2) is 23.2 Å². The van der Waals surface area contributed by atoms with Gasteiger partial charge in [0, 0.05) is 18.9 Å². The van der Waals surface area contributed by atoms with E-state index in [-0.39, 0.29) is 19.2 Å². The van der Waals surface area contributed by atoms with Gasteiger partial charge in [0.25, 0.3) is 0 Å². The minimum atomic E-state index is 0. The summed E-state index contributed by atoms with van der Waals surface area (Å²) in [6, 6.07) is 5.57. The van der Waals surface area contributed by atoms with Gasteiger partial charge in [0.15, 0.2) is 16.7 Å². The highest BCUT2D eigenvalue weighted by atomic mass is 35.5. The van der Waals surface area contributed by atoms with Crippen molar-refractivity contribution >= 4 is 29.3 Å². The molecule has 1 aromatic rings. The molecule has 0 amide bonds. The Kier molecular flexibility index (Phi) is 8.88. The Balaban J connectivity index is 0.00000242. The molecule has 0 bridgehead atoms. The third-order valence-electron chi connectivity index (χ3n) is 2.71. The highest BCUT2D eigenvalue weighted by Gasteiger charge is 2.13. The summed E-state index contributed by atoms with van der Waals surface area (Å²) in [7, 11) is 1.65. The van der Waals surface area contributed by atoms with Gasteiger partial charge in [-0.2, -0.15) is 0 Å². The second-order valence-corrected chi connectivity index (χ2v) is 5.39. The summed E-state index contributed by atoms with van der Waals surface area (Å²) in [4.78, 5) is 4.17. The molecule has 1 aliphatic rings. The topological polar surface area (TPSA) is 75.3 Å². The number of hydrogen-bond acceptors (Lipinski definition) is 6. The molecule has 1 aromatic carbocycles. The van der Waals surface area contributed by atoms with Crippen molar-refractivity contribution in [2.45, 2.75) is 6.42 Å². The lowest BCUT2D eigenvalue weighted by molar-refractivity contribution is 0.173. The van der Waals surface area contributed by atoms with Gasteiger partial charge < -0.3 is 24.7 Å². The summed E-state index contributed by atoms with van der Waals surface area (Å²) < 4.78 is 21.1. The third kappa shape index (κ3) is 6.21. The highest BCUT2D eigenvalue weighted by Crippen LogP contribution is 2.35. The molecule has 6 nitrogen and oxygen atoms in total. The number of ether oxygens (including phenoxy) is 4. The monoisotopic (exact) mass is 348 g/mol. The number of rotatable bonds is 8. The van der Waals surface area contributed by atoms with E-state index in [4.69, 9.17) is 24.7 Å². The van der Waals surface area contributed by atoms with Gasteiger partial charge in [-0.25, -0.2) is 0 Å². The molecule has 1 heterocycles. The molecule has 0 aromatic heterocycles. The molecule has 0 unspecified atom stereocenters. The predicted octanol–water partition coefficient (Wildman–Crippen LogP) is 2.30. The number of aliphatic imine (C=N–C) groups is 1. The van der Waals surface area contributed by atoms with E-state index >= 15 is 0 Å². The molecular formula is C14H21ClN2O4S. The Bertz CT molecular complexity index is 488. The molecule has 0 saturated carbocycles. The van der Waals surface area contributed by atoms with E-state index in [1.54, 1.807) is 7.11 Å².